The summed E-state index contributed by atoms with van der Waals surface area (Å²) in [5, 5.41) is 7.41. The molecule has 0 fully saturated rings. The third kappa shape index (κ3) is 3.11. The van der Waals surface area contributed by atoms with Gasteiger partial charge in [-0.1, -0.05) is 18.5 Å². The topological polar surface area (TPSA) is 52.7 Å². The first kappa shape index (κ1) is 15.7. The molecule has 16 heavy (non-hydrogen) atoms. The molecule has 1 unspecified atom stereocenters. The smallest absolute Gasteiger partial charge is 1.00 e. The molecule has 1 aromatic rings. The van der Waals surface area contributed by atoms with Gasteiger partial charge in [-0.15, -0.1) is 12.2 Å². The van der Waals surface area contributed by atoms with Gasteiger partial charge in [0.15, 0.2) is 0 Å². The van der Waals surface area contributed by atoms with E-state index in [0.29, 0.717) is 5.92 Å². The molecular formula is C9H11IMgN4O. The molecule has 7 heteroatoms. The molecule has 0 amide bonds. The van der Waals surface area contributed by atoms with Crippen molar-refractivity contribution in [2.45, 2.75) is 6.92 Å². The Hall–Kier alpha value is -0.284. The minimum Gasteiger partial charge on any atom is -1.00 e. The summed E-state index contributed by atoms with van der Waals surface area (Å²) in [6, 6.07) is 0. The van der Waals surface area contributed by atoms with Gasteiger partial charge in [0.05, 0.1) is 0 Å². The van der Waals surface area contributed by atoms with Crippen molar-refractivity contribution in [1.29, 1.82) is 0 Å². The minimum atomic E-state index is -0.227. The van der Waals surface area contributed by atoms with Crippen molar-refractivity contribution in [1.82, 2.24) is 19.8 Å². The van der Waals surface area contributed by atoms with Crippen LogP contribution >= 0.6 is 0 Å². The Morgan fingerprint density at radius 3 is 2.62 bits per heavy atom. The molecule has 1 aliphatic rings. The van der Waals surface area contributed by atoms with E-state index in [1.165, 1.54) is 9.36 Å². The third-order valence-electron chi connectivity index (χ3n) is 2.08. The maximum atomic E-state index is 11.5. The number of aromatic nitrogens is 4. The van der Waals surface area contributed by atoms with Crippen LogP contribution in [0.4, 0.5) is 0 Å². The van der Waals surface area contributed by atoms with Gasteiger partial charge in [0.2, 0.25) is 0 Å². The molecule has 1 aliphatic carbocycles. The van der Waals surface area contributed by atoms with E-state index in [1.807, 2.05) is 31.6 Å². The molecule has 1 heterocycles. The van der Waals surface area contributed by atoms with Gasteiger partial charge >= 0.3 is 28.7 Å². The van der Waals surface area contributed by atoms with Gasteiger partial charge < -0.3 is 24.0 Å². The van der Waals surface area contributed by atoms with Crippen LogP contribution in [0, 0.1) is 12.3 Å². The Labute approximate surface area is 127 Å². The summed E-state index contributed by atoms with van der Waals surface area (Å²) in [5.41, 5.74) is 0.549. The standard InChI is InChI=1S/C9H11N4O.HI.Mg/c1-7-4-3-5-8(6-7)13-9(14)12(2)10-11-13;;/h3-7H,1-2H3;1H;/q-1;;+2/p-1. The number of halogens is 1. The van der Waals surface area contributed by atoms with Crippen LogP contribution in [0.2, 0.25) is 0 Å². The van der Waals surface area contributed by atoms with Crippen molar-refractivity contribution in [3.8, 4) is 0 Å². The number of allylic oxidation sites excluding steroid dienone is 4. The Morgan fingerprint density at radius 2 is 2.12 bits per heavy atom. The fraction of sp³-hybridized carbons (Fsp3) is 0.333. The maximum Gasteiger partial charge on any atom is 2.00 e. The van der Waals surface area contributed by atoms with E-state index in [9.17, 15) is 4.79 Å². The summed E-state index contributed by atoms with van der Waals surface area (Å²) in [4.78, 5) is 11.5. The number of hydrogen-bond acceptors (Lipinski definition) is 3. The molecule has 0 saturated heterocycles. The van der Waals surface area contributed by atoms with Crippen molar-refractivity contribution < 1.29 is 24.0 Å². The fourth-order valence-electron chi connectivity index (χ4n) is 1.33. The van der Waals surface area contributed by atoms with Crippen molar-refractivity contribution in [2.24, 2.45) is 13.0 Å². The Kier molecular flexibility index (Phi) is 6.34. The Morgan fingerprint density at radius 1 is 1.44 bits per heavy atom. The summed E-state index contributed by atoms with van der Waals surface area (Å²) in [7, 11) is 1.58. The van der Waals surface area contributed by atoms with Crippen molar-refractivity contribution in [3.63, 3.8) is 0 Å². The van der Waals surface area contributed by atoms with E-state index < -0.39 is 0 Å². The summed E-state index contributed by atoms with van der Waals surface area (Å²) < 4.78 is 2.50. The second-order valence-corrected chi connectivity index (χ2v) is 3.30. The van der Waals surface area contributed by atoms with E-state index in [0.717, 1.165) is 5.70 Å². The zero-order chi connectivity index (χ0) is 10.1. The molecule has 0 spiro atoms. The van der Waals surface area contributed by atoms with Gasteiger partial charge in [0.25, 0.3) is 0 Å². The zero-order valence-electron chi connectivity index (χ0n) is 9.17. The van der Waals surface area contributed by atoms with E-state index in [4.69, 9.17) is 0 Å². The summed E-state index contributed by atoms with van der Waals surface area (Å²) >= 11 is 0. The molecule has 0 aromatic carbocycles. The molecule has 5 nitrogen and oxygen atoms in total. The van der Waals surface area contributed by atoms with Gasteiger partial charge in [0.1, 0.15) is 0 Å². The van der Waals surface area contributed by atoms with Gasteiger partial charge in [-0.25, -0.2) is 4.79 Å². The van der Waals surface area contributed by atoms with Crippen LogP contribution in [0.1, 0.15) is 6.92 Å². The first-order valence-corrected chi connectivity index (χ1v) is 4.41. The van der Waals surface area contributed by atoms with Crippen molar-refractivity contribution in [2.75, 3.05) is 0 Å². The van der Waals surface area contributed by atoms with E-state index in [-0.39, 0.29) is 52.7 Å². The quantitative estimate of drug-likeness (QED) is 0.308. The van der Waals surface area contributed by atoms with Gasteiger partial charge in [-0.3, -0.25) is 0 Å². The SMILES string of the molecule is CC1C=CC=C(n2nnn(C)c2=O)[CH-]1.[I-].[Mg+2]. The second-order valence-electron chi connectivity index (χ2n) is 3.30. The van der Waals surface area contributed by atoms with Gasteiger partial charge in [0, 0.05) is 7.05 Å². The van der Waals surface area contributed by atoms with Crippen LogP contribution in [0.15, 0.2) is 23.0 Å². The average molecular weight is 342 g/mol. The van der Waals surface area contributed by atoms with Crippen molar-refractivity contribution >= 4 is 28.7 Å². The second kappa shape index (κ2) is 6.45. The molecular weight excluding hydrogens is 331 g/mol. The van der Waals surface area contributed by atoms with Gasteiger partial charge in [-0.05, 0) is 10.4 Å². The van der Waals surface area contributed by atoms with Crippen LogP contribution in [0.5, 0.6) is 0 Å². The molecule has 0 saturated carbocycles. The molecule has 1 atom stereocenters. The number of tetrazole rings is 1. The third-order valence-corrected chi connectivity index (χ3v) is 2.08. The summed E-state index contributed by atoms with van der Waals surface area (Å²) in [6.07, 6.45) is 7.78. The average Bonchev–Trinajstić information content (AvgIpc) is 2.48. The summed E-state index contributed by atoms with van der Waals surface area (Å²) in [6.45, 7) is 2.05. The normalized spacial score (nSPS) is 17.9. The van der Waals surface area contributed by atoms with Crippen LogP contribution in [-0.4, -0.2) is 42.8 Å². The Balaban J connectivity index is 0.00000112. The largest absolute Gasteiger partial charge is 2.00 e. The maximum absolute atomic E-state index is 11.5. The predicted molar refractivity (Wildman–Crippen MR) is 57.9 cm³/mol. The first-order valence-electron chi connectivity index (χ1n) is 4.41. The monoisotopic (exact) mass is 342 g/mol. The number of hydrogen-bond donors (Lipinski definition) is 0. The predicted octanol–water partition coefficient (Wildman–Crippen LogP) is -3.15. The Bertz CT molecular complexity index is 462. The van der Waals surface area contributed by atoms with Crippen LogP contribution < -0.4 is 29.7 Å². The number of nitrogens with zero attached hydrogens (tertiary/aromatic N) is 4. The first-order chi connectivity index (χ1) is 6.68. The zero-order valence-corrected chi connectivity index (χ0v) is 12.7. The van der Waals surface area contributed by atoms with Crippen LogP contribution in [-0.2, 0) is 7.05 Å². The minimum absolute atomic E-state index is 0. The van der Waals surface area contributed by atoms with E-state index in [1.54, 1.807) is 7.05 Å². The molecule has 1 aromatic heterocycles. The van der Waals surface area contributed by atoms with Crippen LogP contribution in [0.25, 0.3) is 5.70 Å². The van der Waals surface area contributed by atoms with E-state index >= 15 is 0 Å². The van der Waals surface area contributed by atoms with Gasteiger partial charge in [-0.2, -0.15) is 21.9 Å². The van der Waals surface area contributed by atoms with Crippen molar-refractivity contribution in [3.05, 3.63) is 35.1 Å². The molecule has 0 aliphatic heterocycles. The van der Waals surface area contributed by atoms with E-state index in [2.05, 4.69) is 10.4 Å². The summed E-state index contributed by atoms with van der Waals surface area (Å²) in [5.74, 6) is 0.323. The molecule has 0 N–H and O–H groups in total. The molecule has 0 bridgehead atoms. The van der Waals surface area contributed by atoms with Crippen LogP contribution in [0.3, 0.4) is 0 Å². The molecule has 2 rings (SSSR count). The number of aryl methyl sites for hydroxylation is 1. The molecule has 0 radical (unpaired) electrons. The fourth-order valence-corrected chi connectivity index (χ4v) is 1.33. The number of rotatable bonds is 1. The molecule has 82 valence electrons.